The second-order valence-corrected chi connectivity index (χ2v) is 15.4. The Kier molecular flexibility index (Phi) is 7.96. The molecule has 6 aromatic carbocycles. The fourth-order valence-electron chi connectivity index (χ4n) is 6.98. The average Bonchev–Trinajstić information content (AvgIpc) is 3.38. The molecule has 0 radical (unpaired) electrons. The summed E-state index contributed by atoms with van der Waals surface area (Å²) in [5.41, 5.74) is 7.77. The van der Waals surface area contributed by atoms with Gasteiger partial charge in [-0.15, -0.1) is 0 Å². The molecule has 0 saturated carbocycles. The first-order valence-electron chi connectivity index (χ1n) is 15.9. The van der Waals surface area contributed by atoms with Gasteiger partial charge in [0.15, 0.2) is 0 Å². The molecule has 0 heterocycles. The van der Waals surface area contributed by atoms with E-state index in [1.807, 2.05) is 62.4 Å². The zero-order chi connectivity index (χ0) is 34.6. The number of rotatable bonds is 8. The van der Waals surface area contributed by atoms with Crippen LogP contribution >= 0.6 is 0 Å². The van der Waals surface area contributed by atoms with Crippen LogP contribution < -0.4 is 8.37 Å². The fourth-order valence-corrected chi connectivity index (χ4v) is 9.42. The molecule has 246 valence electrons. The van der Waals surface area contributed by atoms with Gasteiger partial charge < -0.3 is 8.37 Å². The summed E-state index contributed by atoms with van der Waals surface area (Å²) < 4.78 is 64.8. The van der Waals surface area contributed by atoms with Gasteiger partial charge in [0, 0.05) is 0 Å². The van der Waals surface area contributed by atoms with E-state index < -0.39 is 25.7 Å². The Hall–Kier alpha value is -5.18. The lowest BCUT2D eigenvalue weighted by atomic mass is 9.67. The lowest BCUT2D eigenvalue weighted by Crippen LogP contribution is -2.29. The molecule has 0 fully saturated rings. The van der Waals surface area contributed by atoms with E-state index in [0.717, 1.165) is 33.4 Å². The lowest BCUT2D eigenvalue weighted by Gasteiger charge is -2.34. The molecule has 1 aliphatic rings. The summed E-state index contributed by atoms with van der Waals surface area (Å²) in [5, 5.41) is 0. The maximum Gasteiger partial charge on any atom is 0.339 e. The molecule has 0 N–H and O–H groups in total. The van der Waals surface area contributed by atoms with Crippen molar-refractivity contribution < 1.29 is 25.2 Å². The van der Waals surface area contributed by atoms with E-state index in [-0.39, 0.29) is 21.3 Å². The van der Waals surface area contributed by atoms with Crippen molar-refractivity contribution in [1.29, 1.82) is 0 Å². The number of hydrogen-bond donors (Lipinski definition) is 0. The van der Waals surface area contributed by atoms with Crippen LogP contribution in [0.3, 0.4) is 0 Å². The molecule has 8 heteroatoms. The summed E-state index contributed by atoms with van der Waals surface area (Å²) >= 11 is 0. The van der Waals surface area contributed by atoms with Crippen LogP contribution in [0.2, 0.25) is 0 Å². The second kappa shape index (κ2) is 12.1. The van der Waals surface area contributed by atoms with Crippen LogP contribution in [0.25, 0.3) is 11.1 Å². The van der Waals surface area contributed by atoms with Crippen molar-refractivity contribution in [2.75, 3.05) is 0 Å². The van der Waals surface area contributed by atoms with Crippen LogP contribution in [0.4, 0.5) is 0 Å². The molecular formula is C41H34O6S2. The van der Waals surface area contributed by atoms with Gasteiger partial charge in [-0.05, 0) is 108 Å². The summed E-state index contributed by atoms with van der Waals surface area (Å²) in [5.74, 6) is 0.478. The Bertz CT molecular complexity index is 2310. The van der Waals surface area contributed by atoms with Gasteiger partial charge in [-0.25, -0.2) is 0 Å². The Labute approximate surface area is 287 Å². The van der Waals surface area contributed by atoms with Crippen molar-refractivity contribution in [3.63, 3.8) is 0 Å². The SMILES string of the molecule is Cc1cc(C2(c3ccc(OS(=O)(=O)c4ccccc4C)c(C)c3)c3ccccc3-c3ccccc32)ccc1OS(=O)(=O)c1ccccc1C. The molecule has 0 bridgehead atoms. The van der Waals surface area contributed by atoms with Gasteiger partial charge >= 0.3 is 20.2 Å². The van der Waals surface area contributed by atoms with Crippen molar-refractivity contribution in [1.82, 2.24) is 0 Å². The number of fused-ring (bicyclic) bond motifs is 3. The minimum absolute atomic E-state index is 0.121. The van der Waals surface area contributed by atoms with Crippen LogP contribution in [0.1, 0.15) is 44.5 Å². The van der Waals surface area contributed by atoms with Crippen LogP contribution in [0.5, 0.6) is 11.5 Å². The zero-order valence-corrected chi connectivity index (χ0v) is 29.1. The van der Waals surface area contributed by atoms with Crippen LogP contribution in [-0.2, 0) is 25.7 Å². The molecule has 0 atom stereocenters. The molecule has 6 aromatic rings. The van der Waals surface area contributed by atoms with E-state index in [1.54, 1.807) is 62.4 Å². The van der Waals surface area contributed by atoms with E-state index in [4.69, 9.17) is 8.37 Å². The summed E-state index contributed by atoms with van der Waals surface area (Å²) in [6.45, 7) is 7.15. The topological polar surface area (TPSA) is 86.7 Å². The molecule has 0 amide bonds. The number of hydrogen-bond acceptors (Lipinski definition) is 6. The van der Waals surface area contributed by atoms with Crippen molar-refractivity contribution in [2.24, 2.45) is 0 Å². The summed E-state index contributed by atoms with van der Waals surface area (Å²) in [6, 6.07) is 41.2. The zero-order valence-electron chi connectivity index (χ0n) is 27.5. The minimum atomic E-state index is -4.07. The molecule has 7 rings (SSSR count). The largest absolute Gasteiger partial charge is 0.379 e. The van der Waals surface area contributed by atoms with E-state index in [2.05, 4.69) is 24.3 Å². The van der Waals surface area contributed by atoms with Crippen molar-refractivity contribution in [2.45, 2.75) is 42.9 Å². The van der Waals surface area contributed by atoms with Crippen molar-refractivity contribution >= 4 is 20.2 Å². The molecule has 0 unspecified atom stereocenters. The van der Waals surface area contributed by atoms with Gasteiger partial charge in [0.1, 0.15) is 21.3 Å². The summed E-state index contributed by atoms with van der Waals surface area (Å²) in [7, 11) is -8.15. The van der Waals surface area contributed by atoms with E-state index in [0.29, 0.717) is 22.3 Å². The third-order valence-corrected chi connectivity index (χ3v) is 12.1. The van der Waals surface area contributed by atoms with Gasteiger partial charge in [0.05, 0.1) is 5.41 Å². The quantitative estimate of drug-likeness (QED) is 0.149. The average molecular weight is 687 g/mol. The first-order chi connectivity index (χ1) is 23.4. The Morgan fingerprint density at radius 1 is 0.429 bits per heavy atom. The van der Waals surface area contributed by atoms with Crippen molar-refractivity contribution in [3.8, 4) is 22.6 Å². The molecule has 1 aliphatic carbocycles. The van der Waals surface area contributed by atoms with Crippen molar-refractivity contribution in [3.05, 3.63) is 178 Å². The Morgan fingerprint density at radius 2 is 0.796 bits per heavy atom. The van der Waals surface area contributed by atoms with E-state index >= 15 is 0 Å². The molecular weight excluding hydrogens is 653 g/mol. The maximum absolute atomic E-state index is 13.3. The molecule has 0 saturated heterocycles. The minimum Gasteiger partial charge on any atom is -0.379 e. The standard InChI is InChI=1S/C41H34O6S2/c1-27-13-5-11-19-39(27)48(42,43)46-37-23-21-31(25-29(37)3)41(35-17-9-7-15-33(35)34-16-8-10-18-36(34)41)32-22-24-38(30(4)26-32)47-49(44,45)40-20-12-6-14-28(40)2/h5-26H,1-4H3. The Morgan fingerprint density at radius 3 is 1.18 bits per heavy atom. The van der Waals surface area contributed by atoms with Gasteiger partial charge in [-0.3, -0.25) is 0 Å². The third kappa shape index (κ3) is 5.41. The van der Waals surface area contributed by atoms with E-state index in [9.17, 15) is 16.8 Å². The summed E-state index contributed by atoms with van der Waals surface area (Å²) in [6.07, 6.45) is 0. The fraction of sp³-hybridized carbons (Fsp3) is 0.122. The number of aryl methyl sites for hydroxylation is 4. The normalized spacial score (nSPS) is 13.4. The highest BCUT2D eigenvalue weighted by atomic mass is 32.2. The number of benzene rings is 6. The van der Waals surface area contributed by atoms with Gasteiger partial charge in [0.2, 0.25) is 0 Å². The van der Waals surface area contributed by atoms with Crippen LogP contribution in [0.15, 0.2) is 143 Å². The lowest BCUT2D eigenvalue weighted by molar-refractivity contribution is 0.482. The smallest absolute Gasteiger partial charge is 0.339 e. The first-order valence-corrected chi connectivity index (χ1v) is 18.7. The predicted octanol–water partition coefficient (Wildman–Crippen LogP) is 8.82. The van der Waals surface area contributed by atoms with E-state index in [1.165, 1.54) is 12.1 Å². The molecule has 49 heavy (non-hydrogen) atoms. The van der Waals surface area contributed by atoms with Crippen LogP contribution in [0, 0.1) is 27.7 Å². The highest BCUT2D eigenvalue weighted by molar-refractivity contribution is 7.87. The first kappa shape index (κ1) is 32.4. The maximum atomic E-state index is 13.3. The van der Waals surface area contributed by atoms with Gasteiger partial charge in [-0.1, -0.05) is 109 Å². The van der Waals surface area contributed by atoms with Crippen LogP contribution in [-0.4, -0.2) is 16.8 Å². The predicted molar refractivity (Wildman–Crippen MR) is 191 cm³/mol. The molecule has 0 aromatic heterocycles. The Balaban J connectivity index is 1.38. The molecule has 6 nitrogen and oxygen atoms in total. The monoisotopic (exact) mass is 686 g/mol. The second-order valence-electron chi connectivity index (χ2n) is 12.4. The molecule has 0 aliphatic heterocycles. The molecule has 0 spiro atoms. The van der Waals surface area contributed by atoms with Gasteiger partial charge in [-0.2, -0.15) is 16.8 Å². The summed E-state index contributed by atoms with van der Waals surface area (Å²) in [4.78, 5) is 0.242. The highest BCUT2D eigenvalue weighted by Crippen LogP contribution is 2.56. The van der Waals surface area contributed by atoms with Gasteiger partial charge in [0.25, 0.3) is 0 Å². The highest BCUT2D eigenvalue weighted by Gasteiger charge is 2.46. The third-order valence-electron chi connectivity index (χ3n) is 9.29.